The fraction of sp³-hybridized carbons (Fsp3) is 0.652. The second kappa shape index (κ2) is 8.74. The second-order valence-corrected chi connectivity index (χ2v) is 9.23. The van der Waals surface area contributed by atoms with Crippen molar-refractivity contribution in [3.8, 4) is 5.75 Å². The minimum atomic E-state index is -0.925. The molecular formula is C23H33NO5. The Morgan fingerprint density at radius 1 is 1.24 bits per heavy atom. The molecule has 0 saturated carbocycles. The summed E-state index contributed by atoms with van der Waals surface area (Å²) in [5, 5.41) is 9.48. The first-order valence-electron chi connectivity index (χ1n) is 10.7. The van der Waals surface area contributed by atoms with Gasteiger partial charge < -0.3 is 14.6 Å². The van der Waals surface area contributed by atoms with Crippen LogP contribution in [0.5, 0.6) is 5.75 Å². The number of rotatable bonds is 5. The van der Waals surface area contributed by atoms with Crippen molar-refractivity contribution in [1.82, 2.24) is 4.90 Å². The Labute approximate surface area is 173 Å². The van der Waals surface area contributed by atoms with E-state index in [1.807, 2.05) is 6.07 Å². The number of hydrogen-bond donors (Lipinski definition) is 1. The van der Waals surface area contributed by atoms with Gasteiger partial charge in [0.25, 0.3) is 0 Å². The molecule has 0 amide bonds. The van der Waals surface area contributed by atoms with Gasteiger partial charge in [0.1, 0.15) is 11.4 Å². The Morgan fingerprint density at radius 3 is 2.66 bits per heavy atom. The van der Waals surface area contributed by atoms with Gasteiger partial charge in [-0.2, -0.15) is 0 Å². The normalized spacial score (nSPS) is 21.8. The van der Waals surface area contributed by atoms with Gasteiger partial charge in [0.2, 0.25) is 0 Å². The summed E-state index contributed by atoms with van der Waals surface area (Å²) in [4.78, 5) is 26.3. The van der Waals surface area contributed by atoms with E-state index < -0.39 is 17.7 Å². The van der Waals surface area contributed by atoms with Crippen LogP contribution in [0.15, 0.2) is 12.1 Å². The standard InChI is InChI=1S/C23H33NO5/c1-5-10-24-11-6-7-16-12-17-15(13-19(16)24)8-9-20(18(17)14-21(25)26)28-22(27)29-23(2,3)4/h8-9,16,19H,5-7,10-14H2,1-4H3,(H,25,26). The number of carbonyl (C=O) groups is 2. The van der Waals surface area contributed by atoms with Crippen LogP contribution in [0.1, 0.15) is 63.6 Å². The summed E-state index contributed by atoms with van der Waals surface area (Å²) in [5.41, 5.74) is 2.18. The molecule has 2 unspecified atom stereocenters. The van der Waals surface area contributed by atoms with Crippen molar-refractivity contribution in [2.24, 2.45) is 5.92 Å². The monoisotopic (exact) mass is 403 g/mol. The van der Waals surface area contributed by atoms with Crippen molar-refractivity contribution in [2.75, 3.05) is 13.1 Å². The summed E-state index contributed by atoms with van der Waals surface area (Å²) in [6.45, 7) is 9.77. The van der Waals surface area contributed by atoms with E-state index in [1.165, 1.54) is 12.0 Å². The highest BCUT2D eigenvalue weighted by molar-refractivity contribution is 5.74. The molecule has 0 radical (unpaired) electrons. The van der Waals surface area contributed by atoms with Gasteiger partial charge in [-0.15, -0.1) is 0 Å². The topological polar surface area (TPSA) is 76.1 Å². The molecule has 0 aromatic heterocycles. The fourth-order valence-corrected chi connectivity index (χ4v) is 4.77. The zero-order chi connectivity index (χ0) is 21.2. The van der Waals surface area contributed by atoms with Crippen LogP contribution in [0.2, 0.25) is 0 Å². The molecular weight excluding hydrogens is 370 g/mol. The highest BCUT2D eigenvalue weighted by atomic mass is 16.7. The zero-order valence-corrected chi connectivity index (χ0v) is 18.0. The number of benzene rings is 1. The summed E-state index contributed by atoms with van der Waals surface area (Å²) in [7, 11) is 0. The van der Waals surface area contributed by atoms with E-state index in [1.54, 1.807) is 26.8 Å². The summed E-state index contributed by atoms with van der Waals surface area (Å²) in [5.74, 6) is -0.0991. The molecule has 160 valence electrons. The molecule has 6 heteroatoms. The molecule has 0 bridgehead atoms. The molecule has 1 fully saturated rings. The average Bonchev–Trinajstić information content (AvgIpc) is 2.61. The average molecular weight is 404 g/mol. The van der Waals surface area contributed by atoms with Crippen molar-refractivity contribution in [3.63, 3.8) is 0 Å². The number of carboxylic acids is 1. The lowest BCUT2D eigenvalue weighted by molar-refractivity contribution is -0.136. The Morgan fingerprint density at radius 2 is 2.00 bits per heavy atom. The molecule has 1 aliphatic carbocycles. The van der Waals surface area contributed by atoms with Crippen LogP contribution in [0, 0.1) is 5.92 Å². The van der Waals surface area contributed by atoms with Crippen LogP contribution >= 0.6 is 0 Å². The van der Waals surface area contributed by atoms with Gasteiger partial charge >= 0.3 is 12.1 Å². The van der Waals surface area contributed by atoms with Crippen LogP contribution in [-0.4, -0.2) is 46.9 Å². The summed E-state index contributed by atoms with van der Waals surface area (Å²) >= 11 is 0. The van der Waals surface area contributed by atoms with Gasteiger partial charge in [0.15, 0.2) is 0 Å². The van der Waals surface area contributed by atoms with Crippen LogP contribution in [-0.2, 0) is 28.8 Å². The third-order valence-corrected chi connectivity index (χ3v) is 5.84. The second-order valence-electron chi connectivity index (χ2n) is 9.23. The van der Waals surface area contributed by atoms with E-state index in [2.05, 4.69) is 11.8 Å². The number of ether oxygens (including phenoxy) is 2. The van der Waals surface area contributed by atoms with E-state index >= 15 is 0 Å². The van der Waals surface area contributed by atoms with Gasteiger partial charge in [-0.3, -0.25) is 9.69 Å². The smallest absolute Gasteiger partial charge is 0.481 e. The van der Waals surface area contributed by atoms with Crippen LogP contribution < -0.4 is 4.74 Å². The number of aliphatic carboxylic acids is 1. The molecule has 3 rings (SSSR count). The van der Waals surface area contributed by atoms with Gasteiger partial charge in [-0.05, 0) is 89.1 Å². The van der Waals surface area contributed by atoms with Crippen LogP contribution in [0.3, 0.4) is 0 Å². The van der Waals surface area contributed by atoms with Gasteiger partial charge in [0.05, 0.1) is 6.42 Å². The maximum absolute atomic E-state index is 12.2. The largest absolute Gasteiger partial charge is 0.514 e. The fourth-order valence-electron chi connectivity index (χ4n) is 4.77. The minimum Gasteiger partial charge on any atom is -0.481 e. The molecule has 1 N–H and O–H groups in total. The number of fused-ring (bicyclic) bond motifs is 2. The van der Waals surface area contributed by atoms with Crippen LogP contribution in [0.4, 0.5) is 4.79 Å². The van der Waals surface area contributed by atoms with Crippen molar-refractivity contribution < 1.29 is 24.2 Å². The van der Waals surface area contributed by atoms with E-state index in [0.29, 0.717) is 23.3 Å². The van der Waals surface area contributed by atoms with Gasteiger partial charge in [0, 0.05) is 11.6 Å². The van der Waals surface area contributed by atoms with E-state index in [-0.39, 0.29) is 6.42 Å². The summed E-state index contributed by atoms with van der Waals surface area (Å²) in [6, 6.07) is 4.25. The van der Waals surface area contributed by atoms with E-state index in [0.717, 1.165) is 44.3 Å². The molecule has 2 atom stereocenters. The molecule has 2 aliphatic rings. The maximum atomic E-state index is 12.2. The Kier molecular flexibility index (Phi) is 6.52. The first-order valence-corrected chi connectivity index (χ1v) is 10.7. The van der Waals surface area contributed by atoms with Crippen LogP contribution in [0.25, 0.3) is 0 Å². The zero-order valence-electron chi connectivity index (χ0n) is 18.0. The molecule has 1 aromatic carbocycles. The third kappa shape index (κ3) is 5.30. The Balaban J connectivity index is 1.90. The lowest BCUT2D eigenvalue weighted by Gasteiger charge is -2.45. The predicted molar refractivity (Wildman–Crippen MR) is 110 cm³/mol. The maximum Gasteiger partial charge on any atom is 0.514 e. The molecule has 29 heavy (non-hydrogen) atoms. The first-order chi connectivity index (χ1) is 13.7. The predicted octanol–water partition coefficient (Wildman–Crippen LogP) is 4.22. The third-order valence-electron chi connectivity index (χ3n) is 5.84. The first kappa shape index (κ1) is 21.6. The van der Waals surface area contributed by atoms with E-state index in [9.17, 15) is 14.7 Å². The number of carbonyl (C=O) groups excluding carboxylic acids is 1. The van der Waals surface area contributed by atoms with Gasteiger partial charge in [-0.1, -0.05) is 13.0 Å². The lowest BCUT2D eigenvalue weighted by Crippen LogP contribution is -2.49. The Hall–Kier alpha value is -2.08. The number of carboxylic acid groups (broad SMARTS) is 1. The molecule has 1 aliphatic heterocycles. The minimum absolute atomic E-state index is 0.155. The molecule has 1 heterocycles. The van der Waals surface area contributed by atoms with Gasteiger partial charge in [-0.25, -0.2) is 4.79 Å². The van der Waals surface area contributed by atoms with Crippen molar-refractivity contribution in [3.05, 3.63) is 28.8 Å². The SMILES string of the molecule is CCCN1CCCC2Cc3c(ccc(OC(=O)OC(C)(C)C)c3CC(=O)O)CC21. The number of hydrogen-bond acceptors (Lipinski definition) is 5. The van der Waals surface area contributed by atoms with Crippen molar-refractivity contribution in [1.29, 1.82) is 0 Å². The van der Waals surface area contributed by atoms with E-state index in [4.69, 9.17) is 9.47 Å². The molecule has 6 nitrogen and oxygen atoms in total. The Bertz CT molecular complexity index is 765. The highest BCUT2D eigenvalue weighted by Gasteiger charge is 2.37. The summed E-state index contributed by atoms with van der Waals surface area (Å²) < 4.78 is 10.7. The summed E-state index contributed by atoms with van der Waals surface area (Å²) in [6.07, 6.45) is 4.30. The van der Waals surface area contributed by atoms with Crippen molar-refractivity contribution >= 4 is 12.1 Å². The molecule has 0 spiro atoms. The lowest BCUT2D eigenvalue weighted by atomic mass is 9.73. The molecule has 1 saturated heterocycles. The molecule has 1 aromatic rings. The quantitative estimate of drug-likeness (QED) is 0.586. The van der Waals surface area contributed by atoms with Crippen molar-refractivity contribution in [2.45, 2.75) is 77.9 Å². The number of nitrogens with zero attached hydrogens (tertiary/aromatic N) is 1. The number of piperidine rings is 1. The number of likely N-dealkylation sites (tertiary alicyclic amines) is 1. The highest BCUT2D eigenvalue weighted by Crippen LogP contribution is 2.39.